The summed E-state index contributed by atoms with van der Waals surface area (Å²) in [5.41, 5.74) is 0.824. The van der Waals surface area contributed by atoms with Crippen molar-refractivity contribution >= 4 is 17.4 Å². The van der Waals surface area contributed by atoms with Crippen LogP contribution in [0.4, 0.5) is 10.1 Å². The maximum atomic E-state index is 13.4. The molecule has 2 aromatic rings. The van der Waals surface area contributed by atoms with Crippen LogP contribution < -0.4 is 5.32 Å². The van der Waals surface area contributed by atoms with E-state index in [1.807, 2.05) is 0 Å². The van der Waals surface area contributed by atoms with Gasteiger partial charge in [0, 0.05) is 17.4 Å². The van der Waals surface area contributed by atoms with Crippen molar-refractivity contribution in [2.24, 2.45) is 0 Å². The van der Waals surface area contributed by atoms with Gasteiger partial charge in [-0.05, 0) is 25.1 Å². The van der Waals surface area contributed by atoms with Crippen LogP contribution in [0.25, 0.3) is 0 Å². The van der Waals surface area contributed by atoms with E-state index in [-0.39, 0.29) is 11.3 Å². The summed E-state index contributed by atoms with van der Waals surface area (Å²) in [6, 6.07) is 7.75. The third-order valence-electron chi connectivity index (χ3n) is 2.54. The number of halogens is 1. The molecule has 0 aliphatic heterocycles. The van der Waals surface area contributed by atoms with Gasteiger partial charge >= 0.3 is 0 Å². The molecule has 96 valence electrons. The van der Waals surface area contributed by atoms with Crippen molar-refractivity contribution in [2.45, 2.75) is 6.92 Å². The van der Waals surface area contributed by atoms with Crippen LogP contribution in [-0.2, 0) is 0 Å². The number of aromatic nitrogens is 1. The maximum Gasteiger partial charge on any atom is 0.258 e. The number of hydrogen-bond donors (Lipinski definition) is 1. The minimum Gasteiger partial charge on any atom is -0.322 e. The second kappa shape index (κ2) is 5.39. The van der Waals surface area contributed by atoms with Crippen LogP contribution in [0.3, 0.4) is 0 Å². The van der Waals surface area contributed by atoms with E-state index in [9.17, 15) is 14.0 Å². The highest BCUT2D eigenvalue weighted by Gasteiger charge is 2.11. The summed E-state index contributed by atoms with van der Waals surface area (Å²) < 4.78 is 13.4. The molecule has 2 rings (SSSR count). The number of carbonyl (C=O) groups excluding carboxylic acids is 2. The van der Waals surface area contributed by atoms with Gasteiger partial charge in [-0.15, -0.1) is 0 Å². The number of carbonyl (C=O) groups is 2. The third kappa shape index (κ3) is 3.01. The van der Waals surface area contributed by atoms with E-state index in [1.165, 1.54) is 19.2 Å². The molecule has 1 aromatic heterocycles. The molecule has 0 atom stereocenters. The summed E-state index contributed by atoms with van der Waals surface area (Å²) in [5, 5.41) is 2.54. The molecule has 5 heteroatoms. The van der Waals surface area contributed by atoms with E-state index in [2.05, 4.69) is 10.3 Å². The molecular weight excluding hydrogens is 247 g/mol. The van der Waals surface area contributed by atoms with Gasteiger partial charge in [0.05, 0.1) is 11.8 Å². The fourth-order valence-electron chi connectivity index (χ4n) is 1.57. The molecule has 19 heavy (non-hydrogen) atoms. The molecule has 0 spiro atoms. The number of nitrogens with zero attached hydrogens (tertiary/aromatic N) is 1. The monoisotopic (exact) mass is 258 g/mol. The highest BCUT2D eigenvalue weighted by Crippen LogP contribution is 2.13. The summed E-state index contributed by atoms with van der Waals surface area (Å²) in [7, 11) is 0. The van der Waals surface area contributed by atoms with Gasteiger partial charge in [0.1, 0.15) is 0 Å². The highest BCUT2D eigenvalue weighted by atomic mass is 19.1. The molecule has 0 unspecified atom stereocenters. The molecule has 1 N–H and O–H groups in total. The summed E-state index contributed by atoms with van der Waals surface area (Å²) >= 11 is 0. The lowest BCUT2D eigenvalue weighted by atomic mass is 10.1. The topological polar surface area (TPSA) is 59.1 Å². The number of rotatable bonds is 3. The standard InChI is InChI=1S/C14H11FN2O2/c1-9(18)10-3-2-4-11(7-10)17-14(19)12-5-6-16-8-13(12)15/h2-8H,1H3,(H,17,19). The lowest BCUT2D eigenvalue weighted by molar-refractivity contribution is 0.100. The molecule has 4 nitrogen and oxygen atoms in total. The van der Waals surface area contributed by atoms with Crippen LogP contribution in [0.1, 0.15) is 27.6 Å². The Morgan fingerprint density at radius 1 is 1.26 bits per heavy atom. The lowest BCUT2D eigenvalue weighted by Crippen LogP contribution is -2.14. The second-order valence-electron chi connectivity index (χ2n) is 3.95. The van der Waals surface area contributed by atoms with Crippen LogP contribution in [0.15, 0.2) is 42.7 Å². The zero-order chi connectivity index (χ0) is 13.8. The number of anilines is 1. The molecular formula is C14H11FN2O2. The van der Waals surface area contributed by atoms with Gasteiger partial charge in [-0.1, -0.05) is 12.1 Å². The van der Waals surface area contributed by atoms with Crippen LogP contribution in [0.2, 0.25) is 0 Å². The number of hydrogen-bond acceptors (Lipinski definition) is 3. The summed E-state index contributed by atoms with van der Waals surface area (Å²) in [5.74, 6) is -1.38. The molecule has 0 bridgehead atoms. The van der Waals surface area contributed by atoms with Crippen molar-refractivity contribution in [3.05, 3.63) is 59.7 Å². The van der Waals surface area contributed by atoms with Gasteiger partial charge in [0.25, 0.3) is 5.91 Å². The van der Waals surface area contributed by atoms with E-state index in [0.29, 0.717) is 11.3 Å². The predicted octanol–water partition coefficient (Wildman–Crippen LogP) is 2.68. The second-order valence-corrected chi connectivity index (χ2v) is 3.95. The summed E-state index contributed by atoms with van der Waals surface area (Å²) in [6.07, 6.45) is 2.31. The number of pyridine rings is 1. The predicted molar refractivity (Wildman–Crippen MR) is 68.6 cm³/mol. The van der Waals surface area contributed by atoms with Gasteiger partial charge in [0.2, 0.25) is 0 Å². The minimum absolute atomic E-state index is 0.0942. The smallest absolute Gasteiger partial charge is 0.258 e. The van der Waals surface area contributed by atoms with E-state index >= 15 is 0 Å². The normalized spacial score (nSPS) is 10.0. The number of benzene rings is 1. The average molecular weight is 258 g/mol. The third-order valence-corrected chi connectivity index (χ3v) is 2.54. The summed E-state index contributed by atoms with van der Waals surface area (Å²) in [6.45, 7) is 1.43. The van der Waals surface area contributed by atoms with Crippen molar-refractivity contribution in [2.75, 3.05) is 5.32 Å². The lowest BCUT2D eigenvalue weighted by Gasteiger charge is -2.06. The molecule has 1 aromatic carbocycles. The Bertz CT molecular complexity index is 641. The number of Topliss-reactive ketones (excluding diaryl/α,β-unsaturated/α-hetero) is 1. The molecule has 0 aliphatic rings. The van der Waals surface area contributed by atoms with Crippen LogP contribution >= 0.6 is 0 Å². The van der Waals surface area contributed by atoms with Gasteiger partial charge < -0.3 is 5.32 Å². The van der Waals surface area contributed by atoms with E-state index in [0.717, 1.165) is 6.20 Å². The molecule has 0 saturated heterocycles. The SMILES string of the molecule is CC(=O)c1cccc(NC(=O)c2ccncc2F)c1. The Balaban J connectivity index is 2.22. The van der Waals surface area contributed by atoms with Crippen molar-refractivity contribution < 1.29 is 14.0 Å². The Hall–Kier alpha value is -2.56. The Labute approximate surface area is 109 Å². The Kier molecular flexibility index (Phi) is 3.66. The van der Waals surface area contributed by atoms with E-state index < -0.39 is 11.7 Å². The van der Waals surface area contributed by atoms with Gasteiger partial charge in [-0.2, -0.15) is 0 Å². The van der Waals surface area contributed by atoms with Gasteiger partial charge in [-0.3, -0.25) is 14.6 Å². The number of nitrogens with one attached hydrogen (secondary N) is 1. The molecule has 0 fully saturated rings. The van der Waals surface area contributed by atoms with Crippen molar-refractivity contribution in [1.82, 2.24) is 4.98 Å². The molecule has 1 amide bonds. The Morgan fingerprint density at radius 2 is 2.05 bits per heavy atom. The van der Waals surface area contributed by atoms with Crippen LogP contribution in [0.5, 0.6) is 0 Å². The largest absolute Gasteiger partial charge is 0.322 e. The first-order valence-electron chi connectivity index (χ1n) is 5.60. The highest BCUT2D eigenvalue weighted by molar-refractivity contribution is 6.05. The fraction of sp³-hybridized carbons (Fsp3) is 0.0714. The van der Waals surface area contributed by atoms with E-state index in [4.69, 9.17) is 0 Å². The average Bonchev–Trinajstić information content (AvgIpc) is 2.39. The summed E-state index contributed by atoms with van der Waals surface area (Å²) in [4.78, 5) is 26.7. The van der Waals surface area contributed by atoms with E-state index in [1.54, 1.807) is 24.3 Å². The molecule has 0 aliphatic carbocycles. The zero-order valence-corrected chi connectivity index (χ0v) is 10.2. The van der Waals surface area contributed by atoms with Gasteiger partial charge in [0.15, 0.2) is 11.6 Å². The first-order valence-corrected chi connectivity index (χ1v) is 5.60. The maximum absolute atomic E-state index is 13.4. The number of amides is 1. The first-order chi connectivity index (χ1) is 9.08. The van der Waals surface area contributed by atoms with Gasteiger partial charge in [-0.25, -0.2) is 4.39 Å². The Morgan fingerprint density at radius 3 is 2.74 bits per heavy atom. The molecule has 1 heterocycles. The zero-order valence-electron chi connectivity index (χ0n) is 10.2. The van der Waals surface area contributed by atoms with Crippen molar-refractivity contribution in [1.29, 1.82) is 0 Å². The fourth-order valence-corrected chi connectivity index (χ4v) is 1.57. The number of ketones is 1. The quantitative estimate of drug-likeness (QED) is 0.861. The van der Waals surface area contributed by atoms with Crippen LogP contribution in [0, 0.1) is 5.82 Å². The van der Waals surface area contributed by atoms with Crippen molar-refractivity contribution in [3.63, 3.8) is 0 Å². The van der Waals surface area contributed by atoms with Crippen LogP contribution in [-0.4, -0.2) is 16.7 Å². The van der Waals surface area contributed by atoms with Crippen molar-refractivity contribution in [3.8, 4) is 0 Å². The first kappa shape index (κ1) is 12.9. The molecule has 0 radical (unpaired) electrons. The minimum atomic E-state index is -0.692. The molecule has 0 saturated carbocycles.